The van der Waals surface area contributed by atoms with Crippen LogP contribution in [-0.4, -0.2) is 28.8 Å². The summed E-state index contributed by atoms with van der Waals surface area (Å²) in [4.78, 5) is 27.6. The van der Waals surface area contributed by atoms with E-state index >= 15 is 0 Å². The Bertz CT molecular complexity index is 1090. The molecule has 0 aliphatic carbocycles. The Kier molecular flexibility index (Phi) is 5.29. The maximum atomic E-state index is 13.0. The molecule has 1 aliphatic rings. The van der Waals surface area contributed by atoms with Crippen molar-refractivity contribution < 1.29 is 9.18 Å². The highest BCUT2D eigenvalue weighted by Crippen LogP contribution is 2.26. The van der Waals surface area contributed by atoms with Crippen molar-refractivity contribution in [3.8, 4) is 0 Å². The summed E-state index contributed by atoms with van der Waals surface area (Å²) in [5, 5.41) is 8.59. The van der Waals surface area contributed by atoms with Gasteiger partial charge < -0.3 is 10.2 Å². The Morgan fingerprint density at radius 1 is 1.10 bits per heavy atom. The minimum absolute atomic E-state index is 0.210. The number of aromatic nitrogens is 2. The van der Waals surface area contributed by atoms with E-state index in [0.717, 1.165) is 37.1 Å². The van der Waals surface area contributed by atoms with Gasteiger partial charge in [0.15, 0.2) is 5.82 Å². The van der Waals surface area contributed by atoms with E-state index in [2.05, 4.69) is 22.2 Å². The van der Waals surface area contributed by atoms with Crippen LogP contribution < -0.4 is 15.8 Å². The number of nitrogens with one attached hydrogen (secondary N) is 1. The molecule has 1 aliphatic heterocycles. The summed E-state index contributed by atoms with van der Waals surface area (Å²) >= 11 is 0. The third-order valence-electron chi connectivity index (χ3n) is 5.35. The van der Waals surface area contributed by atoms with E-state index in [-0.39, 0.29) is 23.8 Å². The Morgan fingerprint density at radius 3 is 2.45 bits per heavy atom. The van der Waals surface area contributed by atoms with E-state index in [0.29, 0.717) is 17.0 Å². The fourth-order valence-corrected chi connectivity index (χ4v) is 3.65. The lowest BCUT2D eigenvalue weighted by molar-refractivity contribution is -0.117. The number of benzene rings is 2. The Morgan fingerprint density at radius 2 is 1.76 bits per heavy atom. The van der Waals surface area contributed by atoms with E-state index in [4.69, 9.17) is 0 Å². The maximum absolute atomic E-state index is 13.0. The first-order valence-corrected chi connectivity index (χ1v) is 9.81. The number of hydrogen-bond donors (Lipinski definition) is 1. The number of fused-ring (bicyclic) bond motifs is 1. The Hall–Kier alpha value is -3.22. The second-order valence-electron chi connectivity index (χ2n) is 7.56. The topological polar surface area (TPSA) is 67.2 Å². The second-order valence-corrected chi connectivity index (χ2v) is 7.56. The van der Waals surface area contributed by atoms with E-state index < -0.39 is 0 Å². The predicted molar refractivity (Wildman–Crippen MR) is 112 cm³/mol. The highest BCUT2D eigenvalue weighted by molar-refractivity contribution is 5.93. The Labute approximate surface area is 167 Å². The summed E-state index contributed by atoms with van der Waals surface area (Å²) in [5.41, 5.74) is 0.166. The molecule has 29 heavy (non-hydrogen) atoms. The van der Waals surface area contributed by atoms with E-state index in [1.807, 2.05) is 18.2 Å². The molecule has 1 N–H and O–H groups in total. The number of hydrogen-bond acceptors (Lipinski definition) is 4. The first kappa shape index (κ1) is 19.1. The Balaban J connectivity index is 1.65. The van der Waals surface area contributed by atoms with Gasteiger partial charge in [-0.3, -0.25) is 9.59 Å². The van der Waals surface area contributed by atoms with E-state index in [1.54, 1.807) is 6.07 Å². The summed E-state index contributed by atoms with van der Waals surface area (Å²) in [6.07, 6.45) is 2.14. The predicted octanol–water partition coefficient (Wildman–Crippen LogP) is 3.41. The first-order chi connectivity index (χ1) is 14.0. The monoisotopic (exact) mass is 394 g/mol. The normalized spacial score (nSPS) is 14.9. The van der Waals surface area contributed by atoms with Crippen molar-refractivity contribution in [2.24, 2.45) is 5.92 Å². The molecule has 7 heteroatoms. The number of amides is 1. The average Bonchev–Trinajstić information content (AvgIpc) is 2.73. The lowest BCUT2D eigenvalue weighted by Crippen LogP contribution is -2.37. The van der Waals surface area contributed by atoms with Gasteiger partial charge in [0.05, 0.1) is 5.39 Å². The molecule has 1 fully saturated rings. The molecular weight excluding hydrogens is 371 g/mol. The van der Waals surface area contributed by atoms with Crippen LogP contribution in [0.4, 0.5) is 15.9 Å². The zero-order valence-electron chi connectivity index (χ0n) is 16.3. The fraction of sp³-hybridized carbons (Fsp3) is 0.318. The second kappa shape index (κ2) is 8.03. The molecule has 2 heterocycles. The number of carbonyl (C=O) groups excluding carboxylic acids is 1. The summed E-state index contributed by atoms with van der Waals surface area (Å²) in [5.74, 6) is 0.641. The summed E-state index contributed by atoms with van der Waals surface area (Å²) in [6, 6.07) is 12.9. The van der Waals surface area contributed by atoms with Crippen LogP contribution >= 0.6 is 0 Å². The smallest absolute Gasteiger partial charge is 0.275 e. The minimum Gasteiger partial charge on any atom is -0.355 e. The van der Waals surface area contributed by atoms with Crippen LogP contribution in [0.1, 0.15) is 19.8 Å². The lowest BCUT2D eigenvalue weighted by atomic mass is 9.99. The van der Waals surface area contributed by atoms with Gasteiger partial charge in [0, 0.05) is 24.2 Å². The van der Waals surface area contributed by atoms with Crippen LogP contribution in [0.15, 0.2) is 53.3 Å². The number of rotatable bonds is 4. The molecule has 6 nitrogen and oxygen atoms in total. The fourth-order valence-electron chi connectivity index (χ4n) is 3.65. The molecule has 150 valence electrons. The van der Waals surface area contributed by atoms with Crippen molar-refractivity contribution in [2.45, 2.75) is 26.3 Å². The molecule has 3 aromatic rings. The molecule has 0 spiro atoms. The molecule has 1 amide bonds. The first-order valence-electron chi connectivity index (χ1n) is 9.81. The molecule has 0 unspecified atom stereocenters. The molecule has 2 aromatic carbocycles. The highest BCUT2D eigenvalue weighted by Gasteiger charge is 2.21. The van der Waals surface area contributed by atoms with Crippen LogP contribution in [0.5, 0.6) is 0 Å². The van der Waals surface area contributed by atoms with Gasteiger partial charge in [0.2, 0.25) is 5.91 Å². The van der Waals surface area contributed by atoms with Gasteiger partial charge in [-0.15, -0.1) is 0 Å². The SMILES string of the molecule is CC1CCN(c2nn(CC(=O)Nc3ccc(F)cc3)c(=O)c3ccccc23)CC1. The van der Waals surface area contributed by atoms with Crippen molar-refractivity contribution in [3.63, 3.8) is 0 Å². The average molecular weight is 394 g/mol. The molecule has 0 saturated carbocycles. The third kappa shape index (κ3) is 4.13. The van der Waals surface area contributed by atoms with E-state index in [1.165, 1.54) is 28.9 Å². The van der Waals surface area contributed by atoms with Gasteiger partial charge in [0.1, 0.15) is 12.4 Å². The largest absolute Gasteiger partial charge is 0.355 e. The molecular formula is C22H23FN4O2. The van der Waals surface area contributed by atoms with Crippen LogP contribution in [0.3, 0.4) is 0 Å². The van der Waals surface area contributed by atoms with Crippen molar-refractivity contribution in [3.05, 3.63) is 64.7 Å². The van der Waals surface area contributed by atoms with Crippen LogP contribution in [0.25, 0.3) is 10.8 Å². The molecule has 4 rings (SSSR count). The van der Waals surface area contributed by atoms with Gasteiger partial charge in [-0.2, -0.15) is 5.10 Å². The number of halogens is 1. The summed E-state index contributed by atoms with van der Waals surface area (Å²) in [6.45, 7) is 3.78. The van der Waals surface area contributed by atoms with E-state index in [9.17, 15) is 14.0 Å². The van der Waals surface area contributed by atoms with Gasteiger partial charge >= 0.3 is 0 Å². The molecule has 1 aromatic heterocycles. The maximum Gasteiger partial charge on any atom is 0.275 e. The molecule has 0 radical (unpaired) electrons. The number of carbonyl (C=O) groups is 1. The molecule has 0 bridgehead atoms. The highest BCUT2D eigenvalue weighted by atomic mass is 19.1. The summed E-state index contributed by atoms with van der Waals surface area (Å²) < 4.78 is 14.3. The number of anilines is 2. The van der Waals surface area contributed by atoms with Crippen LogP contribution in [-0.2, 0) is 11.3 Å². The molecule has 0 atom stereocenters. The van der Waals surface area contributed by atoms with Crippen molar-refractivity contribution in [2.75, 3.05) is 23.3 Å². The molecule has 1 saturated heterocycles. The summed E-state index contributed by atoms with van der Waals surface area (Å²) in [7, 11) is 0. The van der Waals surface area contributed by atoms with Crippen molar-refractivity contribution in [1.82, 2.24) is 9.78 Å². The number of piperidine rings is 1. The quantitative estimate of drug-likeness (QED) is 0.736. The van der Waals surface area contributed by atoms with Gasteiger partial charge in [-0.25, -0.2) is 9.07 Å². The number of nitrogens with zero attached hydrogens (tertiary/aromatic N) is 3. The zero-order valence-corrected chi connectivity index (χ0v) is 16.3. The van der Waals surface area contributed by atoms with Crippen molar-refractivity contribution >= 4 is 28.2 Å². The third-order valence-corrected chi connectivity index (χ3v) is 5.35. The van der Waals surface area contributed by atoms with Crippen LogP contribution in [0.2, 0.25) is 0 Å². The van der Waals surface area contributed by atoms with Crippen molar-refractivity contribution in [1.29, 1.82) is 0 Å². The zero-order chi connectivity index (χ0) is 20.4. The van der Waals surface area contributed by atoms with Crippen LogP contribution in [0, 0.1) is 11.7 Å². The van der Waals surface area contributed by atoms with Gasteiger partial charge in [-0.05, 0) is 49.1 Å². The van der Waals surface area contributed by atoms with Gasteiger partial charge in [-0.1, -0.05) is 25.1 Å². The standard InChI is InChI=1S/C22H23FN4O2/c1-15-10-12-26(13-11-15)21-18-4-2-3-5-19(18)22(29)27(25-21)14-20(28)24-17-8-6-16(23)7-9-17/h2-9,15H,10-14H2,1H3,(H,24,28). The lowest BCUT2D eigenvalue weighted by Gasteiger charge is -2.32. The minimum atomic E-state index is -0.389. The van der Waals surface area contributed by atoms with Gasteiger partial charge in [0.25, 0.3) is 5.56 Å².